The van der Waals surface area contributed by atoms with Gasteiger partial charge in [0, 0.05) is 0 Å². The molecular formula is C23H23FN4O5S. The predicted octanol–water partition coefficient (Wildman–Crippen LogP) is 4.23. The van der Waals surface area contributed by atoms with E-state index < -0.39 is 15.9 Å². The van der Waals surface area contributed by atoms with Crippen LogP contribution in [-0.4, -0.2) is 43.2 Å². The Labute approximate surface area is 196 Å². The molecule has 2 heterocycles. The van der Waals surface area contributed by atoms with Gasteiger partial charge in [-0.2, -0.15) is 0 Å². The van der Waals surface area contributed by atoms with Gasteiger partial charge >= 0.3 is 0 Å². The zero-order chi connectivity index (χ0) is 24.3. The molecule has 0 aliphatic heterocycles. The summed E-state index contributed by atoms with van der Waals surface area (Å²) in [5.74, 6) is 0.313. The first-order chi connectivity index (χ1) is 16.3. The molecule has 11 heteroatoms. The lowest BCUT2D eigenvalue weighted by atomic mass is 10.0. The minimum Gasteiger partial charge on any atom is -0.494 e. The highest BCUT2D eigenvalue weighted by Crippen LogP contribution is 2.37. The number of nitrogens with one attached hydrogen (secondary N) is 1. The van der Waals surface area contributed by atoms with Crippen molar-refractivity contribution < 1.29 is 26.7 Å². The average Bonchev–Trinajstić information content (AvgIpc) is 3.48. The number of anilines is 1. The van der Waals surface area contributed by atoms with Crippen molar-refractivity contribution in [3.63, 3.8) is 0 Å². The fourth-order valence-corrected chi connectivity index (χ4v) is 4.92. The van der Waals surface area contributed by atoms with Crippen LogP contribution in [0, 0.1) is 5.82 Å². The van der Waals surface area contributed by atoms with Crippen molar-refractivity contribution in [2.45, 2.75) is 12.8 Å². The zero-order valence-electron chi connectivity index (χ0n) is 18.7. The molecule has 4 aromatic rings. The third kappa shape index (κ3) is 4.74. The number of furan rings is 1. The summed E-state index contributed by atoms with van der Waals surface area (Å²) in [5.41, 5.74) is 1.09. The van der Waals surface area contributed by atoms with E-state index in [0.717, 1.165) is 0 Å². The summed E-state index contributed by atoms with van der Waals surface area (Å²) in [5, 5.41) is 8.23. The van der Waals surface area contributed by atoms with Crippen LogP contribution in [-0.2, 0) is 10.0 Å². The van der Waals surface area contributed by atoms with Gasteiger partial charge in [0.25, 0.3) is 0 Å². The van der Waals surface area contributed by atoms with Crippen LogP contribution < -0.4 is 14.2 Å². The zero-order valence-corrected chi connectivity index (χ0v) is 19.5. The van der Waals surface area contributed by atoms with Gasteiger partial charge < -0.3 is 13.9 Å². The third-order valence-electron chi connectivity index (χ3n) is 5.19. The van der Waals surface area contributed by atoms with Crippen LogP contribution >= 0.6 is 0 Å². The highest BCUT2D eigenvalue weighted by Gasteiger charge is 2.27. The van der Waals surface area contributed by atoms with Crippen LogP contribution in [0.2, 0.25) is 0 Å². The molecule has 34 heavy (non-hydrogen) atoms. The Balaban J connectivity index is 1.76. The number of ether oxygens (including phenoxy) is 2. The van der Waals surface area contributed by atoms with E-state index in [2.05, 4.69) is 14.9 Å². The van der Waals surface area contributed by atoms with Crippen LogP contribution in [0.5, 0.6) is 11.5 Å². The first kappa shape index (κ1) is 23.3. The molecule has 1 atom stereocenters. The van der Waals surface area contributed by atoms with E-state index in [1.165, 1.54) is 37.2 Å². The smallest absolute Gasteiger partial charge is 0.243 e. The largest absolute Gasteiger partial charge is 0.494 e. The van der Waals surface area contributed by atoms with E-state index in [0.29, 0.717) is 28.5 Å². The van der Waals surface area contributed by atoms with E-state index in [1.54, 1.807) is 49.4 Å². The second-order valence-corrected chi connectivity index (χ2v) is 9.27. The SMILES string of the molecule is COc1cccc(OC)c1-n1c(NS(=O)(=O)C[C@@H](C)c2ccc(F)cc2)nnc1-c1ccco1. The molecule has 0 fully saturated rings. The Morgan fingerprint density at radius 3 is 2.29 bits per heavy atom. The maximum atomic E-state index is 13.2. The number of aromatic nitrogens is 3. The van der Waals surface area contributed by atoms with Gasteiger partial charge in [0.2, 0.25) is 21.8 Å². The standard InChI is InChI=1S/C23H23FN4O5S/c1-15(16-9-11-17(24)12-10-16)14-34(29,30)27-23-26-25-22(20-8-5-13-33-20)28(23)21-18(31-2)6-4-7-19(21)32-3/h4-13,15H,14H2,1-3H3,(H,26,27)/t15-/m1/s1. The summed E-state index contributed by atoms with van der Waals surface area (Å²) in [7, 11) is -0.918. The number of para-hydroxylation sites is 1. The molecule has 0 aliphatic carbocycles. The fourth-order valence-electron chi connectivity index (χ4n) is 3.58. The molecule has 9 nitrogen and oxygen atoms in total. The molecule has 0 aliphatic rings. The average molecular weight is 487 g/mol. The molecule has 0 bridgehead atoms. The van der Waals surface area contributed by atoms with Crippen molar-refractivity contribution in [3.8, 4) is 28.8 Å². The second-order valence-electron chi connectivity index (χ2n) is 7.51. The molecule has 0 saturated carbocycles. The summed E-state index contributed by atoms with van der Waals surface area (Å²) in [6.45, 7) is 1.74. The summed E-state index contributed by atoms with van der Waals surface area (Å²) >= 11 is 0. The van der Waals surface area contributed by atoms with E-state index in [9.17, 15) is 12.8 Å². The molecule has 0 saturated heterocycles. The number of hydrogen-bond acceptors (Lipinski definition) is 7. The molecule has 1 N–H and O–H groups in total. The molecule has 2 aromatic heterocycles. The van der Waals surface area contributed by atoms with Gasteiger partial charge in [-0.3, -0.25) is 9.29 Å². The molecule has 4 rings (SSSR count). The molecule has 0 spiro atoms. The highest BCUT2D eigenvalue weighted by molar-refractivity contribution is 7.92. The maximum absolute atomic E-state index is 13.2. The van der Waals surface area contributed by atoms with Crippen LogP contribution in [0.1, 0.15) is 18.4 Å². The number of rotatable bonds is 9. The van der Waals surface area contributed by atoms with Gasteiger partial charge in [-0.1, -0.05) is 25.1 Å². The van der Waals surface area contributed by atoms with Crippen LogP contribution in [0.25, 0.3) is 17.3 Å². The Morgan fingerprint density at radius 2 is 1.71 bits per heavy atom. The lowest BCUT2D eigenvalue weighted by Crippen LogP contribution is -2.22. The lowest BCUT2D eigenvalue weighted by molar-refractivity contribution is 0.391. The predicted molar refractivity (Wildman–Crippen MR) is 124 cm³/mol. The Bertz CT molecular complexity index is 1350. The number of hydrogen-bond donors (Lipinski definition) is 1. The third-order valence-corrected chi connectivity index (χ3v) is 6.62. The molecule has 178 valence electrons. The van der Waals surface area contributed by atoms with Gasteiger partial charge in [-0.05, 0) is 47.9 Å². The molecule has 0 amide bonds. The maximum Gasteiger partial charge on any atom is 0.243 e. The van der Waals surface area contributed by atoms with E-state index in [-0.39, 0.29) is 23.3 Å². The number of benzene rings is 2. The first-order valence-corrected chi connectivity index (χ1v) is 11.9. The summed E-state index contributed by atoms with van der Waals surface area (Å²) in [6, 6.07) is 14.2. The van der Waals surface area contributed by atoms with Crippen molar-refractivity contribution in [2.75, 3.05) is 24.7 Å². The molecule has 2 aromatic carbocycles. The lowest BCUT2D eigenvalue weighted by Gasteiger charge is -2.18. The number of sulfonamides is 1. The number of nitrogens with zero attached hydrogens (tertiary/aromatic N) is 3. The van der Waals surface area contributed by atoms with E-state index in [1.807, 2.05) is 0 Å². The minimum absolute atomic E-state index is 0.0690. The Morgan fingerprint density at radius 1 is 1.03 bits per heavy atom. The van der Waals surface area contributed by atoms with Crippen molar-refractivity contribution in [2.24, 2.45) is 0 Å². The Kier molecular flexibility index (Phi) is 6.55. The summed E-state index contributed by atoms with van der Waals surface area (Å²) in [6.07, 6.45) is 1.47. The van der Waals surface area contributed by atoms with Gasteiger partial charge in [0.15, 0.2) is 5.76 Å². The van der Waals surface area contributed by atoms with Crippen molar-refractivity contribution >= 4 is 16.0 Å². The second kappa shape index (κ2) is 9.56. The quantitative estimate of drug-likeness (QED) is 0.377. The van der Waals surface area contributed by atoms with Gasteiger partial charge in [-0.15, -0.1) is 10.2 Å². The Hall–Kier alpha value is -3.86. The van der Waals surface area contributed by atoms with E-state index >= 15 is 0 Å². The molecule has 0 unspecified atom stereocenters. The van der Waals surface area contributed by atoms with Gasteiger partial charge in [0.1, 0.15) is 23.0 Å². The normalized spacial score (nSPS) is 12.4. The van der Waals surface area contributed by atoms with Crippen molar-refractivity contribution in [1.29, 1.82) is 0 Å². The monoisotopic (exact) mass is 486 g/mol. The van der Waals surface area contributed by atoms with Crippen molar-refractivity contribution in [1.82, 2.24) is 14.8 Å². The van der Waals surface area contributed by atoms with Crippen LogP contribution in [0.4, 0.5) is 10.3 Å². The summed E-state index contributed by atoms with van der Waals surface area (Å²) < 4.78 is 59.9. The summed E-state index contributed by atoms with van der Waals surface area (Å²) in [4.78, 5) is 0. The first-order valence-electron chi connectivity index (χ1n) is 10.3. The van der Waals surface area contributed by atoms with Crippen LogP contribution in [0.3, 0.4) is 0 Å². The number of methoxy groups -OCH3 is 2. The van der Waals surface area contributed by atoms with Crippen LogP contribution in [0.15, 0.2) is 65.3 Å². The minimum atomic E-state index is -3.90. The van der Waals surface area contributed by atoms with E-state index in [4.69, 9.17) is 13.9 Å². The highest BCUT2D eigenvalue weighted by atomic mass is 32.2. The fraction of sp³-hybridized carbons (Fsp3) is 0.217. The van der Waals surface area contributed by atoms with Crippen molar-refractivity contribution in [3.05, 3.63) is 72.2 Å². The molecule has 0 radical (unpaired) electrons. The van der Waals surface area contributed by atoms with Gasteiger partial charge in [-0.25, -0.2) is 12.8 Å². The topological polar surface area (TPSA) is 108 Å². The molecular weight excluding hydrogens is 463 g/mol. The number of halogens is 1. The van der Waals surface area contributed by atoms with Gasteiger partial charge in [0.05, 0.1) is 26.2 Å².